The Bertz CT molecular complexity index is 1060. The smallest absolute Gasteiger partial charge is 0.265 e. The second kappa shape index (κ2) is 7.80. The first kappa shape index (κ1) is 18.9. The third-order valence-electron chi connectivity index (χ3n) is 4.11. The van der Waals surface area contributed by atoms with Crippen molar-refractivity contribution in [2.75, 3.05) is 13.7 Å². The van der Waals surface area contributed by atoms with Crippen LogP contribution >= 0.6 is 11.6 Å². The van der Waals surface area contributed by atoms with Crippen LogP contribution in [0.15, 0.2) is 47.5 Å². The third-order valence-corrected chi connectivity index (χ3v) is 4.40. The van der Waals surface area contributed by atoms with E-state index in [-0.39, 0.29) is 11.5 Å². The zero-order chi connectivity index (χ0) is 19.6. The van der Waals surface area contributed by atoms with Crippen LogP contribution in [0.25, 0.3) is 16.6 Å². The highest BCUT2D eigenvalue weighted by Gasteiger charge is 2.12. The highest BCUT2D eigenvalue weighted by molar-refractivity contribution is 6.32. The van der Waals surface area contributed by atoms with Crippen molar-refractivity contribution >= 4 is 28.4 Å². The Morgan fingerprint density at radius 3 is 2.70 bits per heavy atom. The zero-order valence-electron chi connectivity index (χ0n) is 15.3. The Morgan fingerprint density at radius 2 is 2.04 bits per heavy atom. The minimum atomic E-state index is -0.240. The summed E-state index contributed by atoms with van der Waals surface area (Å²) in [5.41, 5.74) is 1.28. The molecule has 27 heavy (non-hydrogen) atoms. The maximum atomic E-state index is 12.8. The lowest BCUT2D eigenvalue weighted by molar-refractivity contribution is 0.0949. The van der Waals surface area contributed by atoms with E-state index < -0.39 is 0 Å². The number of rotatable bonds is 5. The van der Waals surface area contributed by atoms with E-state index in [0.717, 1.165) is 0 Å². The molecule has 1 aromatic heterocycles. The number of methoxy groups -OCH3 is 1. The van der Waals surface area contributed by atoms with Crippen molar-refractivity contribution in [3.63, 3.8) is 0 Å². The number of fused-ring (bicyclic) bond motifs is 1. The molecule has 0 saturated carbocycles. The number of amides is 1. The van der Waals surface area contributed by atoms with Crippen LogP contribution in [0.4, 0.5) is 0 Å². The van der Waals surface area contributed by atoms with Gasteiger partial charge in [0.15, 0.2) is 0 Å². The van der Waals surface area contributed by atoms with Crippen LogP contribution in [-0.2, 0) is 0 Å². The van der Waals surface area contributed by atoms with Crippen LogP contribution in [0.3, 0.4) is 0 Å². The topological polar surface area (TPSA) is 73.2 Å². The molecule has 7 heteroatoms. The van der Waals surface area contributed by atoms with Gasteiger partial charge in [-0.15, -0.1) is 0 Å². The number of carbonyl (C=O) groups excluding carboxylic acids is 1. The first-order chi connectivity index (χ1) is 12.9. The minimum absolute atomic E-state index is 0.182. The first-order valence-corrected chi connectivity index (χ1v) is 8.92. The molecule has 0 spiro atoms. The lowest BCUT2D eigenvalue weighted by Gasteiger charge is -2.10. The van der Waals surface area contributed by atoms with Gasteiger partial charge in [0.25, 0.3) is 11.5 Å². The molecular weight excluding hydrogens is 366 g/mol. The average molecular weight is 386 g/mol. The van der Waals surface area contributed by atoms with E-state index in [0.29, 0.717) is 45.4 Å². The van der Waals surface area contributed by atoms with Crippen LogP contribution in [0.1, 0.15) is 24.2 Å². The standard InChI is InChI=1S/C20H20ClN3O3/c1-12(2)10-22-19(25)13-4-6-15-17(8-13)23-11-24(20(15)26)14-5-7-18(27-3)16(21)9-14/h4-9,11-12H,10H2,1-3H3,(H,22,25). The van der Waals surface area contributed by atoms with Crippen LogP contribution in [0.5, 0.6) is 5.75 Å². The summed E-state index contributed by atoms with van der Waals surface area (Å²) < 4.78 is 6.54. The van der Waals surface area contributed by atoms with Crippen molar-refractivity contribution in [2.24, 2.45) is 5.92 Å². The Kier molecular flexibility index (Phi) is 5.46. The molecule has 0 radical (unpaired) electrons. The lowest BCUT2D eigenvalue weighted by Crippen LogP contribution is -2.27. The molecule has 0 atom stereocenters. The number of ether oxygens (including phenoxy) is 1. The monoisotopic (exact) mass is 385 g/mol. The third kappa shape index (κ3) is 3.95. The number of benzene rings is 2. The Morgan fingerprint density at radius 1 is 1.26 bits per heavy atom. The molecule has 0 aliphatic heterocycles. The molecule has 0 unspecified atom stereocenters. The largest absolute Gasteiger partial charge is 0.495 e. The van der Waals surface area contributed by atoms with Gasteiger partial charge in [0.05, 0.1) is 28.7 Å². The normalized spacial score (nSPS) is 11.0. The average Bonchev–Trinajstić information content (AvgIpc) is 2.66. The molecule has 0 bridgehead atoms. The summed E-state index contributed by atoms with van der Waals surface area (Å²) in [4.78, 5) is 29.4. The van der Waals surface area contributed by atoms with Crippen molar-refractivity contribution in [3.05, 3.63) is 63.7 Å². The second-order valence-corrected chi connectivity index (χ2v) is 6.98. The number of aromatic nitrogens is 2. The van der Waals surface area contributed by atoms with Gasteiger partial charge in [-0.25, -0.2) is 4.98 Å². The molecule has 3 aromatic rings. The van der Waals surface area contributed by atoms with Gasteiger partial charge in [0.1, 0.15) is 12.1 Å². The van der Waals surface area contributed by atoms with Gasteiger partial charge in [-0.3, -0.25) is 14.2 Å². The lowest BCUT2D eigenvalue weighted by atomic mass is 10.1. The summed E-state index contributed by atoms with van der Waals surface area (Å²) >= 11 is 6.15. The number of hydrogen-bond acceptors (Lipinski definition) is 4. The number of carbonyl (C=O) groups is 1. The van der Waals surface area contributed by atoms with Gasteiger partial charge >= 0.3 is 0 Å². The molecule has 1 amide bonds. The van der Waals surface area contributed by atoms with Crippen LogP contribution < -0.4 is 15.6 Å². The van der Waals surface area contributed by atoms with Crippen LogP contribution in [-0.4, -0.2) is 29.1 Å². The molecule has 2 aromatic carbocycles. The molecule has 0 saturated heterocycles. The van der Waals surface area contributed by atoms with Crippen LogP contribution in [0.2, 0.25) is 5.02 Å². The number of nitrogens with one attached hydrogen (secondary N) is 1. The van der Waals surface area contributed by atoms with Gasteiger partial charge in [-0.1, -0.05) is 25.4 Å². The fourth-order valence-corrected chi connectivity index (χ4v) is 2.90. The molecule has 3 rings (SSSR count). The summed E-state index contributed by atoms with van der Waals surface area (Å²) in [5, 5.41) is 3.68. The van der Waals surface area contributed by atoms with E-state index in [1.807, 2.05) is 13.8 Å². The molecule has 1 N–H and O–H groups in total. The fourth-order valence-electron chi connectivity index (χ4n) is 2.65. The maximum Gasteiger partial charge on any atom is 0.265 e. The van der Waals surface area contributed by atoms with Crippen molar-refractivity contribution in [1.82, 2.24) is 14.9 Å². The van der Waals surface area contributed by atoms with Gasteiger partial charge in [0, 0.05) is 12.1 Å². The van der Waals surface area contributed by atoms with E-state index in [2.05, 4.69) is 10.3 Å². The fraction of sp³-hybridized carbons (Fsp3) is 0.250. The molecule has 1 heterocycles. The number of nitrogens with zero attached hydrogens (tertiary/aromatic N) is 2. The highest BCUT2D eigenvalue weighted by atomic mass is 35.5. The minimum Gasteiger partial charge on any atom is -0.495 e. The van der Waals surface area contributed by atoms with E-state index in [9.17, 15) is 9.59 Å². The summed E-state index contributed by atoms with van der Waals surface area (Å²) in [7, 11) is 1.53. The summed E-state index contributed by atoms with van der Waals surface area (Å²) in [6, 6.07) is 9.94. The molecule has 140 valence electrons. The highest BCUT2D eigenvalue weighted by Crippen LogP contribution is 2.26. The van der Waals surface area contributed by atoms with E-state index in [4.69, 9.17) is 16.3 Å². The van der Waals surface area contributed by atoms with Crippen LogP contribution in [0, 0.1) is 5.92 Å². The quantitative estimate of drug-likeness (QED) is 0.730. The molecule has 0 fully saturated rings. The van der Waals surface area contributed by atoms with Gasteiger partial charge in [-0.2, -0.15) is 0 Å². The van der Waals surface area contributed by atoms with Gasteiger partial charge in [-0.05, 0) is 42.3 Å². The predicted molar refractivity (Wildman–Crippen MR) is 106 cm³/mol. The second-order valence-electron chi connectivity index (χ2n) is 6.57. The molecule has 0 aliphatic rings. The van der Waals surface area contributed by atoms with Crippen molar-refractivity contribution in [1.29, 1.82) is 0 Å². The molecule has 0 aliphatic carbocycles. The Balaban J connectivity index is 1.98. The molecule has 6 nitrogen and oxygen atoms in total. The zero-order valence-corrected chi connectivity index (χ0v) is 16.1. The summed E-state index contributed by atoms with van der Waals surface area (Å²) in [6.07, 6.45) is 1.43. The van der Waals surface area contributed by atoms with E-state index >= 15 is 0 Å². The predicted octanol–water partition coefficient (Wildman–Crippen LogP) is 3.43. The van der Waals surface area contributed by atoms with E-state index in [1.165, 1.54) is 18.0 Å². The number of halogens is 1. The van der Waals surface area contributed by atoms with Gasteiger partial charge < -0.3 is 10.1 Å². The van der Waals surface area contributed by atoms with Crippen molar-refractivity contribution < 1.29 is 9.53 Å². The molecular formula is C20H20ClN3O3. The van der Waals surface area contributed by atoms with Crippen molar-refractivity contribution in [2.45, 2.75) is 13.8 Å². The summed E-state index contributed by atoms with van der Waals surface area (Å²) in [6.45, 7) is 4.64. The first-order valence-electron chi connectivity index (χ1n) is 8.54. The SMILES string of the molecule is COc1ccc(-n2cnc3cc(C(=O)NCC(C)C)ccc3c2=O)cc1Cl. The van der Waals surface area contributed by atoms with Gasteiger partial charge in [0.2, 0.25) is 0 Å². The summed E-state index contributed by atoms with van der Waals surface area (Å²) in [5.74, 6) is 0.703. The van der Waals surface area contributed by atoms with Crippen molar-refractivity contribution in [3.8, 4) is 11.4 Å². The Labute approximate surface area is 161 Å². The Hall–Kier alpha value is -2.86. The van der Waals surface area contributed by atoms with E-state index in [1.54, 1.807) is 36.4 Å². The maximum absolute atomic E-state index is 12.8. The number of hydrogen-bond donors (Lipinski definition) is 1.